The van der Waals surface area contributed by atoms with E-state index in [9.17, 15) is 18.3 Å². The Kier molecular flexibility index (Phi) is 4.87. The Morgan fingerprint density at radius 2 is 1.82 bits per heavy atom. The molecule has 0 heterocycles. The maximum absolute atomic E-state index is 12.2. The molecule has 0 aliphatic rings. The zero-order valence-electron chi connectivity index (χ0n) is 11.2. The van der Waals surface area contributed by atoms with Crippen LogP contribution < -0.4 is 9.29 Å². The van der Waals surface area contributed by atoms with Gasteiger partial charge in [0.1, 0.15) is 4.90 Å². The summed E-state index contributed by atoms with van der Waals surface area (Å²) in [6, 6.07) is 9.82. The summed E-state index contributed by atoms with van der Waals surface area (Å²) >= 11 is 1.80. The summed E-state index contributed by atoms with van der Waals surface area (Å²) in [5.74, 6) is -1.29. The highest BCUT2D eigenvalue weighted by Gasteiger charge is 2.18. The first-order valence-corrected chi connectivity index (χ1v) is 8.50. The number of hydrogen-bond acceptors (Lipinski definition) is 5. The molecule has 7 heteroatoms. The van der Waals surface area contributed by atoms with Gasteiger partial charge in [0.2, 0.25) is 0 Å². The van der Waals surface area contributed by atoms with Gasteiger partial charge in [-0.1, -0.05) is 24.8 Å². The van der Waals surface area contributed by atoms with Crippen LogP contribution >= 0.6 is 22.6 Å². The van der Waals surface area contributed by atoms with Gasteiger partial charge >= 0.3 is 10.1 Å². The summed E-state index contributed by atoms with van der Waals surface area (Å²) < 4.78 is 29.8. The second-order valence-corrected chi connectivity index (χ2v) is 6.95. The molecular formula is C15H10IO5S-. The zero-order chi connectivity index (χ0) is 16.3. The standard InChI is InChI=1S/C15H11IO5S/c1-2-10-3-6-12(7-4-10)22(19,20)21-14-8-5-11(15(17)18)9-13(14)16/h2-9H,1H2,(H,17,18)/p-1. The minimum absolute atomic E-state index is 0.00197. The largest absolute Gasteiger partial charge is 0.545 e. The molecule has 0 saturated heterocycles. The van der Waals surface area contributed by atoms with Crippen molar-refractivity contribution in [2.24, 2.45) is 0 Å². The van der Waals surface area contributed by atoms with E-state index in [0.29, 0.717) is 3.57 Å². The second kappa shape index (κ2) is 6.49. The van der Waals surface area contributed by atoms with Gasteiger partial charge in [-0.15, -0.1) is 0 Å². The van der Waals surface area contributed by atoms with E-state index in [4.69, 9.17) is 4.18 Å². The number of carbonyl (C=O) groups is 1. The quantitative estimate of drug-likeness (QED) is 0.537. The predicted octanol–water partition coefficient (Wildman–Crippen LogP) is 2.07. The van der Waals surface area contributed by atoms with Gasteiger partial charge in [-0.2, -0.15) is 8.42 Å². The van der Waals surface area contributed by atoms with Gasteiger partial charge in [0.25, 0.3) is 0 Å². The van der Waals surface area contributed by atoms with E-state index < -0.39 is 16.1 Å². The first-order valence-electron chi connectivity index (χ1n) is 6.01. The summed E-state index contributed by atoms with van der Waals surface area (Å²) in [5.41, 5.74) is 0.733. The summed E-state index contributed by atoms with van der Waals surface area (Å²) in [6.07, 6.45) is 1.60. The third kappa shape index (κ3) is 3.66. The highest BCUT2D eigenvalue weighted by atomic mass is 127. The second-order valence-electron chi connectivity index (χ2n) is 4.24. The van der Waals surface area contributed by atoms with Crippen molar-refractivity contribution in [3.8, 4) is 5.75 Å². The summed E-state index contributed by atoms with van der Waals surface area (Å²) in [7, 11) is -4.00. The van der Waals surface area contributed by atoms with Gasteiger partial charge in [0.05, 0.1) is 9.54 Å². The van der Waals surface area contributed by atoms with E-state index in [1.54, 1.807) is 40.8 Å². The third-order valence-corrected chi connectivity index (χ3v) is 4.86. The maximum Gasteiger partial charge on any atom is 0.339 e. The molecule has 0 radical (unpaired) electrons. The monoisotopic (exact) mass is 429 g/mol. The van der Waals surface area contributed by atoms with Crippen molar-refractivity contribution in [3.63, 3.8) is 0 Å². The molecule has 114 valence electrons. The Balaban J connectivity index is 2.31. The van der Waals surface area contributed by atoms with Crippen LogP contribution in [0.25, 0.3) is 6.08 Å². The number of carbonyl (C=O) groups excluding carboxylic acids is 1. The third-order valence-electron chi connectivity index (χ3n) is 2.77. The Labute approximate surface area is 141 Å². The maximum atomic E-state index is 12.2. The normalized spacial score (nSPS) is 11.0. The Morgan fingerprint density at radius 3 is 2.32 bits per heavy atom. The first-order chi connectivity index (χ1) is 10.3. The smallest absolute Gasteiger partial charge is 0.339 e. The topological polar surface area (TPSA) is 83.5 Å². The van der Waals surface area contributed by atoms with E-state index in [-0.39, 0.29) is 16.2 Å². The van der Waals surface area contributed by atoms with Crippen molar-refractivity contribution in [3.05, 3.63) is 63.7 Å². The molecule has 0 fully saturated rings. The van der Waals surface area contributed by atoms with Crippen LogP contribution in [0.3, 0.4) is 0 Å². The molecule has 0 aliphatic heterocycles. The molecule has 0 atom stereocenters. The highest BCUT2D eigenvalue weighted by molar-refractivity contribution is 14.1. The summed E-state index contributed by atoms with van der Waals surface area (Å²) in [4.78, 5) is 10.7. The summed E-state index contributed by atoms with van der Waals surface area (Å²) in [5, 5.41) is 10.7. The number of carboxylic acid groups (broad SMARTS) is 1. The number of halogens is 1. The average molecular weight is 429 g/mol. The van der Waals surface area contributed by atoms with E-state index in [0.717, 1.165) is 5.56 Å². The number of rotatable bonds is 5. The average Bonchev–Trinajstić information content (AvgIpc) is 2.49. The lowest BCUT2D eigenvalue weighted by Crippen LogP contribution is -2.22. The lowest BCUT2D eigenvalue weighted by molar-refractivity contribution is -0.255. The number of carboxylic acids is 1. The molecule has 0 aliphatic carbocycles. The van der Waals surface area contributed by atoms with E-state index in [1.807, 2.05) is 0 Å². The zero-order valence-corrected chi connectivity index (χ0v) is 14.1. The fraction of sp³-hybridized carbons (Fsp3) is 0. The van der Waals surface area contributed by atoms with Crippen molar-refractivity contribution in [1.82, 2.24) is 0 Å². The molecule has 2 aromatic rings. The lowest BCUT2D eigenvalue weighted by Gasteiger charge is -2.10. The molecule has 0 aromatic heterocycles. The lowest BCUT2D eigenvalue weighted by atomic mass is 10.2. The van der Waals surface area contributed by atoms with Crippen LogP contribution in [-0.2, 0) is 10.1 Å². The van der Waals surface area contributed by atoms with Gasteiger partial charge in [-0.25, -0.2) is 0 Å². The van der Waals surface area contributed by atoms with Crippen molar-refractivity contribution < 1.29 is 22.5 Å². The van der Waals surface area contributed by atoms with Gasteiger partial charge in [-0.05, 0) is 64.0 Å². The van der Waals surface area contributed by atoms with Crippen molar-refractivity contribution in [2.45, 2.75) is 4.90 Å². The van der Waals surface area contributed by atoms with E-state index >= 15 is 0 Å². The van der Waals surface area contributed by atoms with Crippen LogP contribution in [0, 0.1) is 3.57 Å². The first kappa shape index (κ1) is 16.5. The van der Waals surface area contributed by atoms with Gasteiger partial charge in [-0.3, -0.25) is 0 Å². The van der Waals surface area contributed by atoms with Crippen molar-refractivity contribution in [2.75, 3.05) is 0 Å². The molecular weight excluding hydrogens is 419 g/mol. The number of aromatic carboxylic acids is 1. The van der Waals surface area contributed by atoms with Gasteiger partial charge < -0.3 is 14.1 Å². The molecule has 0 bridgehead atoms. The van der Waals surface area contributed by atoms with E-state index in [2.05, 4.69) is 6.58 Å². The number of hydrogen-bond donors (Lipinski definition) is 0. The highest BCUT2D eigenvalue weighted by Crippen LogP contribution is 2.25. The molecule has 0 N–H and O–H groups in total. The van der Waals surface area contributed by atoms with E-state index in [1.165, 1.54) is 30.3 Å². The Bertz CT molecular complexity index is 826. The summed E-state index contributed by atoms with van der Waals surface area (Å²) in [6.45, 7) is 3.59. The number of benzene rings is 2. The molecule has 0 spiro atoms. The molecule has 2 aromatic carbocycles. The molecule has 22 heavy (non-hydrogen) atoms. The van der Waals surface area contributed by atoms with Crippen LogP contribution in [0.1, 0.15) is 15.9 Å². The van der Waals surface area contributed by atoms with Crippen LogP contribution in [0.4, 0.5) is 0 Å². The molecule has 2 rings (SSSR count). The molecule has 0 amide bonds. The Morgan fingerprint density at radius 1 is 1.18 bits per heavy atom. The fourth-order valence-corrected chi connectivity index (χ4v) is 3.35. The minimum atomic E-state index is -4.00. The Hall–Kier alpha value is -1.87. The van der Waals surface area contributed by atoms with Gasteiger partial charge in [0.15, 0.2) is 5.75 Å². The fourth-order valence-electron chi connectivity index (χ4n) is 1.63. The van der Waals surface area contributed by atoms with Crippen LogP contribution in [0.15, 0.2) is 53.9 Å². The van der Waals surface area contributed by atoms with Crippen LogP contribution in [-0.4, -0.2) is 14.4 Å². The minimum Gasteiger partial charge on any atom is -0.545 e. The van der Waals surface area contributed by atoms with Crippen molar-refractivity contribution in [1.29, 1.82) is 0 Å². The molecule has 0 saturated carbocycles. The SMILES string of the molecule is C=Cc1ccc(S(=O)(=O)Oc2ccc(C(=O)[O-])cc2I)cc1. The van der Waals surface area contributed by atoms with Gasteiger partial charge in [0, 0.05) is 0 Å². The van der Waals surface area contributed by atoms with Crippen molar-refractivity contribution >= 4 is 44.8 Å². The molecule has 0 unspecified atom stereocenters. The van der Waals surface area contributed by atoms with Crippen LogP contribution in [0.2, 0.25) is 0 Å². The molecule has 5 nitrogen and oxygen atoms in total. The van der Waals surface area contributed by atoms with Crippen LogP contribution in [0.5, 0.6) is 5.75 Å². The predicted molar refractivity (Wildman–Crippen MR) is 87.8 cm³/mol.